The number of nitrogens with zero attached hydrogens (tertiary/aromatic N) is 3. The Bertz CT molecular complexity index is 982. The van der Waals surface area contributed by atoms with E-state index in [1.165, 1.54) is 12.3 Å². The fourth-order valence-electron chi connectivity index (χ4n) is 2.40. The molecule has 1 aromatic heterocycles. The predicted octanol–water partition coefficient (Wildman–Crippen LogP) is 3.91. The Morgan fingerprint density at radius 1 is 1.15 bits per heavy atom. The van der Waals surface area contributed by atoms with Gasteiger partial charge in [0.25, 0.3) is 5.91 Å². The van der Waals surface area contributed by atoms with Crippen LogP contribution in [0.25, 0.3) is 0 Å². The Morgan fingerprint density at radius 3 is 2.74 bits per heavy atom. The Kier molecular flexibility index (Phi) is 5.98. The molecule has 7 heteroatoms. The van der Waals surface area contributed by atoms with Crippen molar-refractivity contribution in [2.45, 2.75) is 6.42 Å². The summed E-state index contributed by atoms with van der Waals surface area (Å²) in [6, 6.07) is 17.9. The van der Waals surface area contributed by atoms with Gasteiger partial charge in [-0.25, -0.2) is 9.97 Å². The molecule has 2 N–H and O–H groups in total. The Balaban J connectivity index is 1.59. The monoisotopic (exact) mass is 377 g/mol. The molecule has 2 aromatic carbocycles. The smallest absolute Gasteiger partial charge is 0.274 e. The fourth-order valence-corrected chi connectivity index (χ4v) is 2.53. The van der Waals surface area contributed by atoms with E-state index in [0.29, 0.717) is 28.8 Å². The number of hydrogen-bond donors (Lipinski definition) is 2. The predicted molar refractivity (Wildman–Crippen MR) is 105 cm³/mol. The lowest BCUT2D eigenvalue weighted by atomic mass is 10.1. The maximum atomic E-state index is 12.4. The molecular formula is C20H16ClN5O. The fraction of sp³-hybridized carbons (Fsp3) is 0.100. The summed E-state index contributed by atoms with van der Waals surface area (Å²) in [6.07, 6.45) is 2.30. The van der Waals surface area contributed by atoms with Gasteiger partial charge in [-0.3, -0.25) is 4.79 Å². The molecule has 0 atom stereocenters. The Morgan fingerprint density at radius 2 is 1.96 bits per heavy atom. The zero-order valence-corrected chi connectivity index (χ0v) is 15.1. The van der Waals surface area contributed by atoms with Crippen molar-refractivity contribution in [3.63, 3.8) is 0 Å². The van der Waals surface area contributed by atoms with Crippen LogP contribution in [0.1, 0.15) is 21.6 Å². The third kappa shape index (κ3) is 5.27. The van der Waals surface area contributed by atoms with Gasteiger partial charge < -0.3 is 10.6 Å². The third-order valence-corrected chi connectivity index (χ3v) is 4.00. The lowest BCUT2D eigenvalue weighted by Gasteiger charge is -2.08. The van der Waals surface area contributed by atoms with E-state index in [1.807, 2.05) is 30.3 Å². The van der Waals surface area contributed by atoms with Crippen LogP contribution in [-0.4, -0.2) is 22.4 Å². The first kappa shape index (κ1) is 18.4. The number of benzene rings is 2. The molecule has 0 saturated carbocycles. The number of halogens is 1. The zero-order valence-electron chi connectivity index (χ0n) is 14.3. The van der Waals surface area contributed by atoms with E-state index < -0.39 is 0 Å². The number of nitrogens with one attached hydrogen (secondary N) is 2. The van der Waals surface area contributed by atoms with Crippen LogP contribution in [0.4, 0.5) is 11.6 Å². The highest BCUT2D eigenvalue weighted by Gasteiger charge is 2.09. The molecule has 3 rings (SSSR count). The number of nitriles is 1. The minimum absolute atomic E-state index is 0.237. The van der Waals surface area contributed by atoms with Crippen LogP contribution in [0.2, 0.25) is 5.02 Å². The maximum absolute atomic E-state index is 12.4. The Hall–Kier alpha value is -3.43. The van der Waals surface area contributed by atoms with Crippen molar-refractivity contribution >= 4 is 29.1 Å². The minimum atomic E-state index is -0.367. The number of rotatable bonds is 6. The third-order valence-electron chi connectivity index (χ3n) is 3.75. The molecule has 1 amide bonds. The second-order valence-electron chi connectivity index (χ2n) is 5.72. The van der Waals surface area contributed by atoms with Crippen molar-refractivity contribution in [3.8, 4) is 6.07 Å². The molecule has 6 nitrogen and oxygen atoms in total. The van der Waals surface area contributed by atoms with Crippen LogP contribution >= 0.6 is 11.6 Å². The number of carbonyl (C=O) groups excluding carboxylic acids is 1. The molecule has 0 radical (unpaired) electrons. The van der Waals surface area contributed by atoms with E-state index in [1.54, 1.807) is 24.3 Å². The van der Waals surface area contributed by atoms with E-state index in [4.69, 9.17) is 16.9 Å². The number of amides is 1. The zero-order chi connectivity index (χ0) is 19.1. The molecule has 0 aliphatic rings. The molecule has 3 aromatic rings. The van der Waals surface area contributed by atoms with E-state index in [2.05, 4.69) is 20.6 Å². The van der Waals surface area contributed by atoms with Crippen LogP contribution < -0.4 is 10.6 Å². The highest BCUT2D eigenvalue weighted by atomic mass is 35.5. The van der Waals surface area contributed by atoms with E-state index in [9.17, 15) is 4.79 Å². The van der Waals surface area contributed by atoms with Crippen molar-refractivity contribution in [3.05, 3.63) is 82.6 Å². The summed E-state index contributed by atoms with van der Waals surface area (Å²) >= 11 is 5.87. The lowest BCUT2D eigenvalue weighted by molar-refractivity contribution is 0.102. The molecule has 27 heavy (non-hydrogen) atoms. The van der Waals surface area contributed by atoms with Gasteiger partial charge in [0.05, 0.1) is 11.6 Å². The summed E-state index contributed by atoms with van der Waals surface area (Å²) in [5.41, 5.74) is 2.38. The first-order valence-corrected chi connectivity index (χ1v) is 8.65. The molecule has 0 bridgehead atoms. The summed E-state index contributed by atoms with van der Waals surface area (Å²) in [7, 11) is 0. The molecule has 0 aliphatic carbocycles. The average molecular weight is 378 g/mol. The van der Waals surface area contributed by atoms with Gasteiger partial charge in [-0.1, -0.05) is 29.8 Å². The first-order chi connectivity index (χ1) is 13.1. The summed E-state index contributed by atoms with van der Waals surface area (Å²) in [5, 5.41) is 15.5. The standard InChI is InChI=1S/C20H16ClN5O/c21-16-6-4-14(5-7-16)8-10-23-20-24-11-9-18(26-20)19(27)25-17-3-1-2-15(12-17)13-22/h1-7,9,11-12H,8,10H2,(H,25,27)(H,23,24,26). The van der Waals surface area contributed by atoms with Crippen LogP contribution in [0, 0.1) is 11.3 Å². The van der Waals surface area contributed by atoms with Crippen LogP contribution in [-0.2, 0) is 6.42 Å². The summed E-state index contributed by atoms with van der Waals surface area (Å²) < 4.78 is 0. The molecule has 0 saturated heterocycles. The summed E-state index contributed by atoms with van der Waals surface area (Å²) in [6.45, 7) is 0.622. The summed E-state index contributed by atoms with van der Waals surface area (Å²) in [4.78, 5) is 20.7. The Labute approximate surface area is 161 Å². The van der Waals surface area contributed by atoms with Gasteiger partial charge in [0.2, 0.25) is 5.95 Å². The van der Waals surface area contributed by atoms with Gasteiger partial charge >= 0.3 is 0 Å². The minimum Gasteiger partial charge on any atom is -0.354 e. The van der Waals surface area contributed by atoms with Crippen LogP contribution in [0.3, 0.4) is 0 Å². The second-order valence-corrected chi connectivity index (χ2v) is 6.15. The van der Waals surface area contributed by atoms with Crippen LogP contribution in [0.15, 0.2) is 60.8 Å². The van der Waals surface area contributed by atoms with Crippen molar-refractivity contribution in [2.75, 3.05) is 17.2 Å². The van der Waals surface area contributed by atoms with Crippen molar-refractivity contribution < 1.29 is 4.79 Å². The largest absolute Gasteiger partial charge is 0.354 e. The van der Waals surface area contributed by atoms with Gasteiger partial charge in [0, 0.05) is 23.5 Å². The topological polar surface area (TPSA) is 90.7 Å². The van der Waals surface area contributed by atoms with Crippen LogP contribution in [0.5, 0.6) is 0 Å². The van der Waals surface area contributed by atoms with Gasteiger partial charge in [-0.2, -0.15) is 5.26 Å². The van der Waals surface area contributed by atoms with Gasteiger partial charge in [0.1, 0.15) is 5.69 Å². The number of hydrogen-bond acceptors (Lipinski definition) is 5. The van der Waals surface area contributed by atoms with Crippen molar-refractivity contribution in [2.24, 2.45) is 0 Å². The molecule has 0 fully saturated rings. The molecule has 1 heterocycles. The van der Waals surface area contributed by atoms with E-state index >= 15 is 0 Å². The average Bonchev–Trinajstić information content (AvgIpc) is 2.70. The van der Waals surface area contributed by atoms with Crippen molar-refractivity contribution in [1.82, 2.24) is 9.97 Å². The molecule has 0 spiro atoms. The highest BCUT2D eigenvalue weighted by molar-refractivity contribution is 6.30. The van der Waals surface area contributed by atoms with Gasteiger partial charge in [-0.15, -0.1) is 0 Å². The lowest BCUT2D eigenvalue weighted by Crippen LogP contribution is -2.16. The normalized spacial score (nSPS) is 10.1. The molecule has 0 unspecified atom stereocenters. The molecular weight excluding hydrogens is 362 g/mol. The second kappa shape index (κ2) is 8.79. The number of carbonyl (C=O) groups is 1. The SMILES string of the molecule is N#Cc1cccc(NC(=O)c2ccnc(NCCc3ccc(Cl)cc3)n2)c1. The van der Waals surface area contributed by atoms with E-state index in [0.717, 1.165) is 12.0 Å². The molecule has 0 aliphatic heterocycles. The van der Waals surface area contributed by atoms with Gasteiger partial charge in [0.15, 0.2) is 0 Å². The van der Waals surface area contributed by atoms with E-state index in [-0.39, 0.29) is 11.6 Å². The number of aromatic nitrogens is 2. The highest BCUT2D eigenvalue weighted by Crippen LogP contribution is 2.12. The molecule has 134 valence electrons. The van der Waals surface area contributed by atoms with Gasteiger partial charge in [-0.05, 0) is 48.4 Å². The first-order valence-electron chi connectivity index (χ1n) is 8.27. The van der Waals surface area contributed by atoms with Crippen molar-refractivity contribution in [1.29, 1.82) is 5.26 Å². The number of anilines is 2. The quantitative estimate of drug-likeness (QED) is 0.679. The maximum Gasteiger partial charge on any atom is 0.274 e. The summed E-state index contributed by atoms with van der Waals surface area (Å²) in [5.74, 6) is 0.00984.